The van der Waals surface area contributed by atoms with Crippen LogP contribution in [0.25, 0.3) is 11.1 Å². The number of carbonyl (C=O) groups is 2. The maximum atomic E-state index is 13.0. The number of aryl methyl sites for hydroxylation is 1. The lowest BCUT2D eigenvalue weighted by molar-refractivity contribution is -0.136. The molecular formula is C20H29N3O5. The van der Waals surface area contributed by atoms with E-state index >= 15 is 0 Å². The van der Waals surface area contributed by atoms with Crippen LogP contribution in [0, 0.1) is 6.92 Å². The molecule has 2 heterocycles. The van der Waals surface area contributed by atoms with Gasteiger partial charge in [0.1, 0.15) is 29.6 Å². The maximum absolute atomic E-state index is 13.0. The standard InChI is InChI=1S/C20H29N3O5/c1-7-12(4)23(13(5)8-2)15(24)10-22-11-21-18-17(19(22)25)16(14(6)28-18)20(26)27-9-3/h11-13H,7-10H2,1-6H3/t12-,13-/m0/s1. The van der Waals surface area contributed by atoms with Gasteiger partial charge in [-0.1, -0.05) is 13.8 Å². The van der Waals surface area contributed by atoms with E-state index in [0.29, 0.717) is 0 Å². The van der Waals surface area contributed by atoms with Gasteiger partial charge in [0.15, 0.2) is 0 Å². The van der Waals surface area contributed by atoms with Crippen molar-refractivity contribution >= 4 is 23.0 Å². The molecule has 1 amide bonds. The third-order valence-electron chi connectivity index (χ3n) is 5.06. The molecule has 0 aliphatic carbocycles. The minimum Gasteiger partial charge on any atom is -0.462 e. The van der Waals surface area contributed by atoms with Crippen LogP contribution in [0.15, 0.2) is 15.5 Å². The molecular weight excluding hydrogens is 362 g/mol. The lowest BCUT2D eigenvalue weighted by Gasteiger charge is -2.34. The Balaban J connectivity index is 2.46. The fraction of sp³-hybridized carbons (Fsp3) is 0.600. The average molecular weight is 391 g/mol. The molecule has 0 saturated heterocycles. The van der Waals surface area contributed by atoms with E-state index in [-0.39, 0.29) is 53.6 Å². The topological polar surface area (TPSA) is 94.6 Å². The van der Waals surface area contributed by atoms with Crippen molar-refractivity contribution in [3.63, 3.8) is 0 Å². The zero-order chi connectivity index (χ0) is 21.0. The first-order valence-corrected chi connectivity index (χ1v) is 9.73. The van der Waals surface area contributed by atoms with Gasteiger partial charge in [-0.15, -0.1) is 0 Å². The van der Waals surface area contributed by atoms with Gasteiger partial charge in [0.05, 0.1) is 6.61 Å². The van der Waals surface area contributed by atoms with E-state index in [1.165, 1.54) is 10.9 Å². The van der Waals surface area contributed by atoms with Gasteiger partial charge in [0.2, 0.25) is 11.6 Å². The second kappa shape index (κ2) is 9.03. The molecule has 2 atom stereocenters. The Kier molecular flexibility index (Phi) is 6.99. The first-order chi connectivity index (χ1) is 13.3. The van der Waals surface area contributed by atoms with Crippen LogP contribution in [0.1, 0.15) is 63.6 Å². The van der Waals surface area contributed by atoms with Crippen LogP contribution in [-0.2, 0) is 16.1 Å². The SMILES string of the molecule is CCOC(=O)c1c(C)oc2ncn(CC(=O)N([C@@H](C)CC)[C@@H](C)CC)c(=O)c12. The molecule has 0 radical (unpaired) electrons. The smallest absolute Gasteiger partial charge is 0.342 e. The molecule has 8 nitrogen and oxygen atoms in total. The molecule has 28 heavy (non-hydrogen) atoms. The monoisotopic (exact) mass is 391 g/mol. The second-order valence-electron chi connectivity index (χ2n) is 6.93. The summed E-state index contributed by atoms with van der Waals surface area (Å²) in [5.74, 6) is -0.532. The number of esters is 1. The summed E-state index contributed by atoms with van der Waals surface area (Å²) in [6.07, 6.45) is 2.91. The van der Waals surface area contributed by atoms with E-state index in [9.17, 15) is 14.4 Å². The Hall–Kier alpha value is -2.64. The number of aromatic nitrogens is 2. The lowest BCUT2D eigenvalue weighted by Crippen LogP contribution is -2.46. The van der Waals surface area contributed by atoms with Crippen LogP contribution in [0.2, 0.25) is 0 Å². The zero-order valence-corrected chi connectivity index (χ0v) is 17.4. The third kappa shape index (κ3) is 4.10. The van der Waals surface area contributed by atoms with Crippen LogP contribution >= 0.6 is 0 Å². The molecule has 0 spiro atoms. The van der Waals surface area contributed by atoms with Crippen LogP contribution in [0.4, 0.5) is 0 Å². The number of nitrogens with zero attached hydrogens (tertiary/aromatic N) is 3. The number of ether oxygens (including phenoxy) is 1. The van der Waals surface area contributed by atoms with Crippen molar-refractivity contribution in [1.29, 1.82) is 0 Å². The summed E-state index contributed by atoms with van der Waals surface area (Å²) in [5.41, 5.74) is -0.363. The minimum atomic E-state index is -0.637. The van der Waals surface area contributed by atoms with E-state index in [2.05, 4.69) is 4.98 Å². The summed E-state index contributed by atoms with van der Waals surface area (Å²) in [5, 5.41) is 0.0462. The highest BCUT2D eigenvalue weighted by atomic mass is 16.5. The van der Waals surface area contributed by atoms with Gasteiger partial charge in [-0.05, 0) is 40.5 Å². The number of hydrogen-bond donors (Lipinski definition) is 0. The Morgan fingerprint density at radius 3 is 2.36 bits per heavy atom. The van der Waals surface area contributed by atoms with Crippen molar-refractivity contribution in [3.05, 3.63) is 28.0 Å². The van der Waals surface area contributed by atoms with Crippen LogP contribution in [0.3, 0.4) is 0 Å². The Morgan fingerprint density at radius 2 is 1.82 bits per heavy atom. The molecule has 0 unspecified atom stereocenters. The van der Waals surface area contributed by atoms with Gasteiger partial charge in [0, 0.05) is 12.1 Å². The molecule has 154 valence electrons. The van der Waals surface area contributed by atoms with E-state index < -0.39 is 11.5 Å². The van der Waals surface area contributed by atoms with E-state index in [4.69, 9.17) is 9.15 Å². The fourth-order valence-electron chi connectivity index (χ4n) is 3.25. The minimum absolute atomic E-state index is 0.0462. The average Bonchev–Trinajstić information content (AvgIpc) is 3.00. The first-order valence-electron chi connectivity index (χ1n) is 9.73. The molecule has 0 aliphatic rings. The Bertz CT molecular complexity index is 904. The van der Waals surface area contributed by atoms with Crippen molar-refractivity contribution in [3.8, 4) is 0 Å². The molecule has 0 N–H and O–H groups in total. The first kappa shape index (κ1) is 21.7. The predicted molar refractivity (Wildman–Crippen MR) is 105 cm³/mol. The summed E-state index contributed by atoms with van der Waals surface area (Å²) < 4.78 is 11.7. The van der Waals surface area contributed by atoms with Crippen molar-refractivity contribution < 1.29 is 18.7 Å². The van der Waals surface area contributed by atoms with Gasteiger partial charge in [0.25, 0.3) is 5.56 Å². The van der Waals surface area contributed by atoms with E-state index in [1.54, 1.807) is 13.8 Å². The molecule has 0 saturated carbocycles. The molecule has 2 rings (SSSR count). The van der Waals surface area contributed by atoms with E-state index in [1.807, 2.05) is 32.6 Å². The number of fused-ring (bicyclic) bond motifs is 1. The van der Waals surface area contributed by atoms with Crippen LogP contribution in [0.5, 0.6) is 0 Å². The summed E-state index contributed by atoms with van der Waals surface area (Å²) in [4.78, 5) is 44.1. The van der Waals surface area contributed by atoms with Crippen LogP contribution in [-0.4, -0.2) is 45.0 Å². The van der Waals surface area contributed by atoms with E-state index in [0.717, 1.165) is 12.8 Å². The molecule has 0 fully saturated rings. The highest BCUT2D eigenvalue weighted by Crippen LogP contribution is 2.22. The number of amides is 1. The third-order valence-corrected chi connectivity index (χ3v) is 5.06. The summed E-state index contributed by atoms with van der Waals surface area (Å²) in [7, 11) is 0. The van der Waals surface area contributed by atoms with Gasteiger partial charge >= 0.3 is 5.97 Å². The second-order valence-corrected chi connectivity index (χ2v) is 6.93. The molecule has 2 aromatic heterocycles. The highest BCUT2D eigenvalue weighted by Gasteiger charge is 2.27. The Labute approximate surface area is 164 Å². The zero-order valence-electron chi connectivity index (χ0n) is 17.4. The normalized spacial score (nSPS) is 13.4. The number of rotatable bonds is 8. The van der Waals surface area contributed by atoms with Gasteiger partial charge in [-0.3, -0.25) is 14.2 Å². The number of carbonyl (C=O) groups excluding carboxylic acids is 2. The van der Waals surface area contributed by atoms with Gasteiger partial charge in [-0.2, -0.15) is 0 Å². The number of furan rings is 1. The highest BCUT2D eigenvalue weighted by molar-refractivity contribution is 6.03. The molecule has 8 heteroatoms. The van der Waals surface area contributed by atoms with Crippen molar-refractivity contribution in [1.82, 2.24) is 14.5 Å². The van der Waals surface area contributed by atoms with Crippen molar-refractivity contribution in [2.75, 3.05) is 6.61 Å². The lowest BCUT2D eigenvalue weighted by atomic mass is 10.1. The van der Waals surface area contributed by atoms with Crippen molar-refractivity contribution in [2.24, 2.45) is 0 Å². The number of hydrogen-bond acceptors (Lipinski definition) is 6. The van der Waals surface area contributed by atoms with Crippen molar-refractivity contribution in [2.45, 2.75) is 73.0 Å². The summed E-state index contributed by atoms with van der Waals surface area (Å²) in [6, 6.07) is 0.113. The fourth-order valence-corrected chi connectivity index (χ4v) is 3.25. The summed E-state index contributed by atoms with van der Waals surface area (Å²) in [6.45, 7) is 11.3. The maximum Gasteiger partial charge on any atom is 0.342 e. The van der Waals surface area contributed by atoms with Gasteiger partial charge < -0.3 is 14.1 Å². The van der Waals surface area contributed by atoms with Gasteiger partial charge in [-0.25, -0.2) is 9.78 Å². The molecule has 2 aromatic rings. The quantitative estimate of drug-likeness (QED) is 0.642. The predicted octanol–water partition coefficient (Wildman–Crippen LogP) is 2.90. The summed E-state index contributed by atoms with van der Waals surface area (Å²) >= 11 is 0. The largest absolute Gasteiger partial charge is 0.462 e. The molecule has 0 aromatic carbocycles. The molecule has 0 bridgehead atoms. The van der Waals surface area contributed by atoms with Crippen LogP contribution < -0.4 is 5.56 Å². The molecule has 0 aliphatic heterocycles. The Morgan fingerprint density at radius 1 is 1.21 bits per heavy atom.